The summed E-state index contributed by atoms with van der Waals surface area (Å²) in [5, 5.41) is 2.95. The molecule has 0 bridgehead atoms. The van der Waals surface area contributed by atoms with E-state index in [4.69, 9.17) is 9.47 Å². The molecule has 0 spiro atoms. The molecule has 0 aliphatic carbocycles. The molecule has 2 heterocycles. The second kappa shape index (κ2) is 6.15. The normalized spacial score (nSPS) is 18.5. The van der Waals surface area contributed by atoms with Crippen molar-refractivity contribution < 1.29 is 14.3 Å². The minimum Gasteiger partial charge on any atom is -0.477 e. The lowest BCUT2D eigenvalue weighted by Gasteiger charge is -2.25. The summed E-state index contributed by atoms with van der Waals surface area (Å²) in [4.78, 5) is 22.0. The van der Waals surface area contributed by atoms with Crippen molar-refractivity contribution in [3.8, 4) is 11.8 Å². The number of amides is 2. The van der Waals surface area contributed by atoms with Crippen LogP contribution in [-0.4, -0.2) is 52.7 Å². The van der Waals surface area contributed by atoms with Crippen molar-refractivity contribution in [1.29, 1.82) is 0 Å². The third-order valence-corrected chi connectivity index (χ3v) is 3.02. The first-order valence-corrected chi connectivity index (χ1v) is 6.98. The van der Waals surface area contributed by atoms with Gasteiger partial charge in [-0.3, -0.25) is 0 Å². The predicted molar refractivity (Wildman–Crippen MR) is 77.5 cm³/mol. The van der Waals surface area contributed by atoms with Crippen LogP contribution in [0.25, 0.3) is 0 Å². The molecule has 0 aromatic carbocycles. The van der Waals surface area contributed by atoms with Crippen molar-refractivity contribution in [3.05, 3.63) is 12.4 Å². The molecule has 1 fully saturated rings. The fourth-order valence-electron chi connectivity index (χ4n) is 2.10. The molecule has 21 heavy (non-hydrogen) atoms. The number of ether oxygens (including phenoxy) is 2. The first-order chi connectivity index (χ1) is 9.89. The molecular formula is C14H22N4O3. The van der Waals surface area contributed by atoms with E-state index in [0.29, 0.717) is 24.8 Å². The Hall–Kier alpha value is -2.05. The van der Waals surface area contributed by atoms with Crippen molar-refractivity contribution in [2.24, 2.45) is 0 Å². The van der Waals surface area contributed by atoms with Crippen LogP contribution >= 0.6 is 0 Å². The Morgan fingerprint density at radius 2 is 2.00 bits per heavy atom. The van der Waals surface area contributed by atoms with Crippen molar-refractivity contribution >= 4 is 6.03 Å². The van der Waals surface area contributed by atoms with Gasteiger partial charge in [-0.2, -0.15) is 0 Å². The van der Waals surface area contributed by atoms with Gasteiger partial charge in [-0.05, 0) is 20.8 Å². The van der Waals surface area contributed by atoms with E-state index in [9.17, 15) is 4.79 Å². The number of nitrogens with one attached hydrogen (secondary N) is 1. The molecule has 7 nitrogen and oxygen atoms in total. The highest BCUT2D eigenvalue weighted by Crippen LogP contribution is 2.23. The number of rotatable bonds is 3. The quantitative estimate of drug-likeness (QED) is 0.913. The van der Waals surface area contributed by atoms with Crippen molar-refractivity contribution in [2.75, 3.05) is 20.2 Å². The number of methoxy groups -OCH3 is 1. The van der Waals surface area contributed by atoms with Crippen LogP contribution in [0.4, 0.5) is 4.79 Å². The fourth-order valence-corrected chi connectivity index (χ4v) is 2.10. The smallest absolute Gasteiger partial charge is 0.317 e. The van der Waals surface area contributed by atoms with E-state index >= 15 is 0 Å². The van der Waals surface area contributed by atoms with Gasteiger partial charge in [0.25, 0.3) is 11.8 Å². The molecule has 1 saturated heterocycles. The van der Waals surface area contributed by atoms with Gasteiger partial charge in [-0.25, -0.2) is 14.8 Å². The summed E-state index contributed by atoms with van der Waals surface area (Å²) in [6, 6.07) is -0.0697. The van der Waals surface area contributed by atoms with Gasteiger partial charge in [0.1, 0.15) is 6.10 Å². The largest absolute Gasteiger partial charge is 0.477 e. The third-order valence-electron chi connectivity index (χ3n) is 3.02. The van der Waals surface area contributed by atoms with Gasteiger partial charge in [0.15, 0.2) is 0 Å². The molecule has 2 rings (SSSR count). The minimum atomic E-state index is -0.246. The Labute approximate surface area is 124 Å². The summed E-state index contributed by atoms with van der Waals surface area (Å²) in [5.41, 5.74) is -0.246. The SMILES string of the molecule is COc1nccnc1OC1CCN(C(=O)NC(C)(C)C)C1. The lowest BCUT2D eigenvalue weighted by atomic mass is 10.1. The molecule has 1 aliphatic rings. The number of nitrogens with zero attached hydrogens (tertiary/aromatic N) is 3. The monoisotopic (exact) mass is 294 g/mol. The summed E-state index contributed by atoms with van der Waals surface area (Å²) >= 11 is 0. The Kier molecular flexibility index (Phi) is 4.50. The van der Waals surface area contributed by atoms with Crippen LogP contribution in [0.2, 0.25) is 0 Å². The van der Waals surface area contributed by atoms with Crippen LogP contribution in [-0.2, 0) is 0 Å². The summed E-state index contributed by atoms with van der Waals surface area (Å²) in [7, 11) is 1.52. The molecule has 1 aromatic rings. The standard InChI is InChI=1S/C14H22N4O3/c1-14(2,3)17-13(19)18-8-5-10(9-18)21-12-11(20-4)15-6-7-16-12/h6-7,10H,5,8-9H2,1-4H3,(H,17,19). The molecule has 1 atom stereocenters. The molecule has 1 N–H and O–H groups in total. The first-order valence-electron chi connectivity index (χ1n) is 6.98. The number of hydrogen-bond acceptors (Lipinski definition) is 5. The maximum atomic E-state index is 12.1. The van der Waals surface area contributed by atoms with Gasteiger partial charge in [-0.15, -0.1) is 0 Å². The summed E-state index contributed by atoms with van der Waals surface area (Å²) in [5.74, 6) is 0.721. The van der Waals surface area contributed by atoms with Crippen LogP contribution in [0.15, 0.2) is 12.4 Å². The van der Waals surface area contributed by atoms with Crippen molar-refractivity contribution in [2.45, 2.75) is 38.8 Å². The van der Waals surface area contributed by atoms with Crippen LogP contribution in [0.1, 0.15) is 27.2 Å². The van der Waals surface area contributed by atoms with E-state index in [1.807, 2.05) is 20.8 Å². The average molecular weight is 294 g/mol. The maximum Gasteiger partial charge on any atom is 0.317 e. The van der Waals surface area contributed by atoms with Gasteiger partial charge in [0, 0.05) is 30.9 Å². The zero-order valence-corrected chi connectivity index (χ0v) is 12.9. The number of likely N-dealkylation sites (tertiary alicyclic amines) is 1. The topological polar surface area (TPSA) is 76.6 Å². The Balaban J connectivity index is 1.92. The highest BCUT2D eigenvalue weighted by atomic mass is 16.5. The number of urea groups is 1. The van der Waals surface area contributed by atoms with Gasteiger partial charge in [0.2, 0.25) is 0 Å². The Bertz CT molecular complexity index is 501. The fraction of sp³-hybridized carbons (Fsp3) is 0.643. The highest BCUT2D eigenvalue weighted by molar-refractivity contribution is 5.75. The minimum absolute atomic E-state index is 0.0697. The van der Waals surface area contributed by atoms with E-state index in [1.165, 1.54) is 7.11 Å². The highest BCUT2D eigenvalue weighted by Gasteiger charge is 2.30. The molecule has 1 aromatic heterocycles. The first kappa shape index (κ1) is 15.3. The van der Waals surface area contributed by atoms with E-state index < -0.39 is 0 Å². The second-order valence-corrected chi connectivity index (χ2v) is 6.03. The molecule has 0 radical (unpaired) electrons. The lowest BCUT2D eigenvalue weighted by Crippen LogP contribution is -2.48. The van der Waals surface area contributed by atoms with Crippen LogP contribution < -0.4 is 14.8 Å². The van der Waals surface area contributed by atoms with Crippen LogP contribution in [0.3, 0.4) is 0 Å². The maximum absolute atomic E-state index is 12.1. The predicted octanol–water partition coefficient (Wildman–Crippen LogP) is 1.45. The Morgan fingerprint density at radius 3 is 2.62 bits per heavy atom. The van der Waals surface area contributed by atoms with Gasteiger partial charge >= 0.3 is 6.03 Å². The van der Waals surface area contributed by atoms with E-state index in [-0.39, 0.29) is 17.7 Å². The zero-order valence-electron chi connectivity index (χ0n) is 12.9. The molecular weight excluding hydrogens is 272 g/mol. The summed E-state index contributed by atoms with van der Waals surface area (Å²) in [6.45, 7) is 7.06. The lowest BCUT2D eigenvalue weighted by molar-refractivity contribution is 0.173. The van der Waals surface area contributed by atoms with Gasteiger partial charge < -0.3 is 19.7 Å². The molecule has 116 valence electrons. The molecule has 0 saturated carbocycles. The third kappa shape index (κ3) is 4.21. The second-order valence-electron chi connectivity index (χ2n) is 6.03. The number of hydrogen-bond donors (Lipinski definition) is 1. The van der Waals surface area contributed by atoms with Crippen LogP contribution in [0, 0.1) is 0 Å². The average Bonchev–Trinajstić information content (AvgIpc) is 2.86. The van der Waals surface area contributed by atoms with Gasteiger partial charge in [-0.1, -0.05) is 0 Å². The number of carbonyl (C=O) groups is 1. The van der Waals surface area contributed by atoms with Crippen molar-refractivity contribution in [3.63, 3.8) is 0 Å². The molecule has 7 heteroatoms. The molecule has 1 unspecified atom stereocenters. The number of aromatic nitrogens is 2. The molecule has 2 amide bonds. The zero-order chi connectivity index (χ0) is 15.5. The van der Waals surface area contributed by atoms with Crippen LogP contribution in [0.5, 0.6) is 11.8 Å². The Morgan fingerprint density at radius 1 is 1.33 bits per heavy atom. The van der Waals surface area contributed by atoms with E-state index in [2.05, 4.69) is 15.3 Å². The van der Waals surface area contributed by atoms with E-state index in [1.54, 1.807) is 17.3 Å². The number of carbonyl (C=O) groups excluding carboxylic acids is 1. The van der Waals surface area contributed by atoms with E-state index in [0.717, 1.165) is 6.42 Å². The van der Waals surface area contributed by atoms with Gasteiger partial charge in [0.05, 0.1) is 13.7 Å². The molecule has 1 aliphatic heterocycles. The summed E-state index contributed by atoms with van der Waals surface area (Å²) < 4.78 is 10.9. The van der Waals surface area contributed by atoms with Crippen molar-refractivity contribution in [1.82, 2.24) is 20.2 Å². The summed E-state index contributed by atoms with van der Waals surface area (Å²) in [6.07, 6.45) is 3.76.